The Bertz CT molecular complexity index is 367. The third-order valence-corrected chi connectivity index (χ3v) is 3.81. The van der Waals surface area contributed by atoms with Crippen LogP contribution in [0.2, 0.25) is 0 Å². The maximum atomic E-state index is 5.73. The van der Waals surface area contributed by atoms with Crippen molar-refractivity contribution >= 4 is 0 Å². The number of fused-ring (bicyclic) bond motifs is 1. The summed E-state index contributed by atoms with van der Waals surface area (Å²) in [7, 11) is 0. The summed E-state index contributed by atoms with van der Waals surface area (Å²) in [6.45, 7) is 2.99. The van der Waals surface area contributed by atoms with E-state index in [0.717, 1.165) is 18.8 Å². The Hall–Kier alpha value is -1.06. The van der Waals surface area contributed by atoms with Gasteiger partial charge in [-0.1, -0.05) is 50.8 Å². The SMILES string of the molecule is CCCCCCC(NN)C1COc2ccccc21. The number of nitrogens with one attached hydrogen (secondary N) is 1. The van der Waals surface area contributed by atoms with Crippen LogP contribution in [0, 0.1) is 0 Å². The highest BCUT2D eigenvalue weighted by atomic mass is 16.5. The molecule has 18 heavy (non-hydrogen) atoms. The first-order valence-corrected chi connectivity index (χ1v) is 7.04. The van der Waals surface area contributed by atoms with E-state index in [-0.39, 0.29) is 0 Å². The zero-order chi connectivity index (χ0) is 12.8. The highest BCUT2D eigenvalue weighted by Gasteiger charge is 2.30. The second kappa shape index (κ2) is 6.76. The Kier molecular flexibility index (Phi) is 5.02. The molecule has 1 aliphatic heterocycles. The van der Waals surface area contributed by atoms with Crippen LogP contribution in [-0.2, 0) is 0 Å². The van der Waals surface area contributed by atoms with Crippen LogP contribution in [0.4, 0.5) is 0 Å². The Morgan fingerprint density at radius 3 is 2.94 bits per heavy atom. The van der Waals surface area contributed by atoms with Gasteiger partial charge in [0.1, 0.15) is 5.75 Å². The number of hydrogen-bond acceptors (Lipinski definition) is 3. The molecule has 0 spiro atoms. The first-order chi connectivity index (χ1) is 8.86. The molecule has 0 aromatic heterocycles. The molecule has 100 valence electrons. The van der Waals surface area contributed by atoms with Crippen LogP contribution in [0.15, 0.2) is 24.3 Å². The maximum absolute atomic E-state index is 5.73. The lowest BCUT2D eigenvalue weighted by Crippen LogP contribution is -2.40. The summed E-state index contributed by atoms with van der Waals surface area (Å²) in [5.74, 6) is 7.14. The van der Waals surface area contributed by atoms with Crippen molar-refractivity contribution in [3.63, 3.8) is 0 Å². The molecule has 2 atom stereocenters. The first-order valence-electron chi connectivity index (χ1n) is 7.04. The van der Waals surface area contributed by atoms with Crippen molar-refractivity contribution in [2.24, 2.45) is 5.84 Å². The molecule has 1 aromatic carbocycles. The monoisotopic (exact) mass is 248 g/mol. The lowest BCUT2D eigenvalue weighted by atomic mass is 9.90. The number of rotatable bonds is 7. The van der Waals surface area contributed by atoms with Crippen molar-refractivity contribution in [1.82, 2.24) is 5.43 Å². The Morgan fingerprint density at radius 2 is 2.17 bits per heavy atom. The van der Waals surface area contributed by atoms with Crippen molar-refractivity contribution in [3.8, 4) is 5.75 Å². The van der Waals surface area contributed by atoms with E-state index in [1.54, 1.807) is 0 Å². The molecule has 0 saturated heterocycles. The molecule has 0 amide bonds. The largest absolute Gasteiger partial charge is 0.493 e. The van der Waals surface area contributed by atoms with Crippen molar-refractivity contribution in [1.29, 1.82) is 0 Å². The molecule has 0 saturated carbocycles. The standard InChI is InChI=1S/C15H24N2O/c1-2-3-4-5-9-14(17-16)13-11-18-15-10-7-6-8-12(13)15/h6-8,10,13-14,17H,2-5,9,11,16H2,1H3. The van der Waals surface area contributed by atoms with Crippen LogP contribution in [0.3, 0.4) is 0 Å². The molecule has 2 unspecified atom stereocenters. The van der Waals surface area contributed by atoms with Gasteiger partial charge in [0, 0.05) is 17.5 Å². The van der Waals surface area contributed by atoms with Gasteiger partial charge in [0.25, 0.3) is 0 Å². The zero-order valence-corrected chi connectivity index (χ0v) is 11.2. The maximum Gasteiger partial charge on any atom is 0.122 e. The van der Waals surface area contributed by atoms with Gasteiger partial charge >= 0.3 is 0 Å². The average molecular weight is 248 g/mol. The quantitative estimate of drug-likeness (QED) is 0.443. The predicted molar refractivity (Wildman–Crippen MR) is 74.5 cm³/mol. The number of hydrogen-bond donors (Lipinski definition) is 2. The number of para-hydroxylation sites is 1. The van der Waals surface area contributed by atoms with Crippen molar-refractivity contribution in [2.75, 3.05) is 6.61 Å². The molecule has 0 radical (unpaired) electrons. The first kappa shape index (κ1) is 13.4. The topological polar surface area (TPSA) is 47.3 Å². The molecule has 1 aliphatic rings. The van der Waals surface area contributed by atoms with Crippen molar-refractivity contribution < 1.29 is 4.74 Å². The van der Waals surface area contributed by atoms with E-state index in [4.69, 9.17) is 10.6 Å². The van der Waals surface area contributed by atoms with Gasteiger partial charge in [-0.15, -0.1) is 0 Å². The van der Waals surface area contributed by atoms with Gasteiger partial charge in [0.05, 0.1) is 6.61 Å². The third kappa shape index (κ3) is 3.03. The number of nitrogens with two attached hydrogens (primary N) is 1. The fourth-order valence-corrected chi connectivity index (χ4v) is 2.71. The summed E-state index contributed by atoms with van der Waals surface area (Å²) in [6, 6.07) is 8.62. The van der Waals surface area contributed by atoms with E-state index < -0.39 is 0 Å². The van der Waals surface area contributed by atoms with Gasteiger partial charge in [-0.05, 0) is 12.5 Å². The molecule has 0 aliphatic carbocycles. The molecule has 3 nitrogen and oxygen atoms in total. The number of hydrazine groups is 1. The van der Waals surface area contributed by atoms with Crippen LogP contribution in [0.5, 0.6) is 5.75 Å². The van der Waals surface area contributed by atoms with Gasteiger partial charge in [0.15, 0.2) is 0 Å². The zero-order valence-electron chi connectivity index (χ0n) is 11.2. The van der Waals surface area contributed by atoms with Gasteiger partial charge in [-0.2, -0.15) is 0 Å². The van der Waals surface area contributed by atoms with Crippen LogP contribution in [-0.4, -0.2) is 12.6 Å². The van der Waals surface area contributed by atoms with E-state index >= 15 is 0 Å². The summed E-state index contributed by atoms with van der Waals surface area (Å²) in [6.07, 6.45) is 6.25. The summed E-state index contributed by atoms with van der Waals surface area (Å²) < 4.78 is 5.73. The molecule has 1 aromatic rings. The van der Waals surface area contributed by atoms with E-state index in [1.165, 1.54) is 31.2 Å². The highest BCUT2D eigenvalue weighted by molar-refractivity contribution is 5.40. The van der Waals surface area contributed by atoms with Crippen LogP contribution in [0.25, 0.3) is 0 Å². The minimum atomic E-state index is 0.325. The highest BCUT2D eigenvalue weighted by Crippen LogP contribution is 2.36. The van der Waals surface area contributed by atoms with Gasteiger partial charge in [-0.3, -0.25) is 11.3 Å². The second-order valence-electron chi connectivity index (χ2n) is 5.08. The lowest BCUT2D eigenvalue weighted by molar-refractivity contribution is 0.289. The molecule has 0 fully saturated rings. The van der Waals surface area contributed by atoms with Crippen LogP contribution in [0.1, 0.15) is 50.5 Å². The Balaban J connectivity index is 1.93. The van der Waals surface area contributed by atoms with Crippen LogP contribution < -0.4 is 16.0 Å². The number of ether oxygens (including phenoxy) is 1. The second-order valence-corrected chi connectivity index (χ2v) is 5.08. The average Bonchev–Trinajstić information content (AvgIpc) is 2.83. The fraction of sp³-hybridized carbons (Fsp3) is 0.600. The van der Waals surface area contributed by atoms with E-state index in [0.29, 0.717) is 12.0 Å². The summed E-state index contributed by atoms with van der Waals surface area (Å²) in [4.78, 5) is 0. The molecular weight excluding hydrogens is 224 g/mol. The molecular formula is C15H24N2O. The summed E-state index contributed by atoms with van der Waals surface area (Å²) in [5.41, 5.74) is 4.28. The minimum Gasteiger partial charge on any atom is -0.493 e. The van der Waals surface area contributed by atoms with E-state index in [2.05, 4.69) is 24.5 Å². The third-order valence-electron chi connectivity index (χ3n) is 3.81. The van der Waals surface area contributed by atoms with E-state index in [1.807, 2.05) is 12.1 Å². The van der Waals surface area contributed by atoms with Gasteiger partial charge < -0.3 is 4.74 Å². The molecule has 0 bridgehead atoms. The van der Waals surface area contributed by atoms with Gasteiger partial charge in [-0.25, -0.2) is 0 Å². The number of benzene rings is 1. The molecule has 2 rings (SSSR count). The smallest absolute Gasteiger partial charge is 0.122 e. The van der Waals surface area contributed by atoms with Crippen molar-refractivity contribution in [2.45, 2.75) is 51.0 Å². The minimum absolute atomic E-state index is 0.325. The lowest BCUT2D eigenvalue weighted by Gasteiger charge is -2.21. The molecule has 3 heteroatoms. The van der Waals surface area contributed by atoms with Crippen molar-refractivity contribution in [3.05, 3.63) is 29.8 Å². The normalized spacial score (nSPS) is 19.3. The summed E-state index contributed by atoms with van der Waals surface area (Å²) in [5, 5.41) is 0. The number of unbranched alkanes of at least 4 members (excludes halogenated alkanes) is 3. The van der Waals surface area contributed by atoms with Gasteiger partial charge in [0.2, 0.25) is 0 Å². The fourth-order valence-electron chi connectivity index (χ4n) is 2.71. The Morgan fingerprint density at radius 1 is 1.33 bits per heavy atom. The molecule has 3 N–H and O–H groups in total. The summed E-state index contributed by atoms with van der Waals surface area (Å²) >= 11 is 0. The van der Waals surface area contributed by atoms with E-state index in [9.17, 15) is 0 Å². The predicted octanol–water partition coefficient (Wildman–Crippen LogP) is 2.96. The Labute approximate surface area is 110 Å². The molecule has 1 heterocycles. The van der Waals surface area contributed by atoms with Crippen LogP contribution >= 0.6 is 0 Å².